The van der Waals surface area contributed by atoms with Crippen molar-refractivity contribution in [2.45, 2.75) is 105 Å². The number of benzene rings is 2. The number of anilines is 3. The fourth-order valence-corrected chi connectivity index (χ4v) is 11.8. The average molecular weight is 853 g/mol. The van der Waals surface area contributed by atoms with Crippen molar-refractivity contribution in [3.8, 4) is 0 Å². The number of piperidine rings is 2. The summed E-state index contributed by atoms with van der Waals surface area (Å²) in [5, 5.41) is 16.2. The molecule has 3 amide bonds. The minimum Gasteiger partial charge on any atom is -0.393 e. The van der Waals surface area contributed by atoms with E-state index in [9.17, 15) is 32.7 Å². The van der Waals surface area contributed by atoms with Crippen LogP contribution in [0.1, 0.15) is 81.4 Å². The van der Waals surface area contributed by atoms with Gasteiger partial charge in [0.15, 0.2) is 0 Å². The summed E-state index contributed by atoms with van der Waals surface area (Å²) in [5.41, 5.74) is 3.35. The summed E-state index contributed by atoms with van der Waals surface area (Å²) in [5.74, 6) is 0.405. The Bertz CT molecular complexity index is 2590. The summed E-state index contributed by atoms with van der Waals surface area (Å²) >= 11 is 0. The van der Waals surface area contributed by atoms with Gasteiger partial charge in [0.1, 0.15) is 11.9 Å². The van der Waals surface area contributed by atoms with Crippen molar-refractivity contribution in [3.05, 3.63) is 70.3 Å². The lowest BCUT2D eigenvalue weighted by Crippen LogP contribution is -2.46. The number of nitrogens with one attached hydrogen (secondary N) is 2. The second kappa shape index (κ2) is 15.3. The van der Waals surface area contributed by atoms with Gasteiger partial charge in [-0.1, -0.05) is 12.1 Å². The van der Waals surface area contributed by atoms with E-state index in [1.54, 1.807) is 34.2 Å². The molecule has 5 fully saturated rings. The highest BCUT2D eigenvalue weighted by molar-refractivity contribution is 7.89. The van der Waals surface area contributed by atoms with Crippen LogP contribution in [0.2, 0.25) is 0 Å². The lowest BCUT2D eigenvalue weighted by Gasteiger charge is -2.36. The van der Waals surface area contributed by atoms with Gasteiger partial charge in [0.05, 0.1) is 27.4 Å². The number of imidazole rings is 1. The molecule has 61 heavy (non-hydrogen) atoms. The number of sulfonamides is 1. The van der Waals surface area contributed by atoms with E-state index < -0.39 is 33.5 Å². The van der Waals surface area contributed by atoms with Crippen molar-refractivity contribution < 1.29 is 27.9 Å². The minimum atomic E-state index is -3.73. The number of imide groups is 1. The van der Waals surface area contributed by atoms with Crippen molar-refractivity contribution in [3.63, 3.8) is 0 Å². The molecule has 17 nitrogen and oxygen atoms in total. The second-order valence-electron chi connectivity index (χ2n) is 17.7. The largest absolute Gasteiger partial charge is 0.393 e. The second-order valence-corrected chi connectivity index (χ2v) is 19.7. The monoisotopic (exact) mass is 852 g/mol. The number of rotatable bonds is 9. The smallest absolute Gasteiger partial charge is 0.329 e. The third-order valence-corrected chi connectivity index (χ3v) is 15.8. The van der Waals surface area contributed by atoms with Crippen molar-refractivity contribution in [1.82, 2.24) is 33.6 Å². The lowest BCUT2D eigenvalue weighted by atomic mass is 9.92. The molecule has 322 valence electrons. The van der Waals surface area contributed by atoms with Crippen LogP contribution in [-0.4, -0.2) is 117 Å². The van der Waals surface area contributed by atoms with Crippen LogP contribution in [0.3, 0.4) is 0 Å². The van der Waals surface area contributed by atoms with E-state index in [0.29, 0.717) is 56.2 Å². The first-order chi connectivity index (χ1) is 29.4. The van der Waals surface area contributed by atoms with Crippen LogP contribution in [0.25, 0.3) is 11.0 Å². The van der Waals surface area contributed by atoms with E-state index in [1.807, 2.05) is 35.2 Å². The molecule has 3 atom stereocenters. The molecule has 1 spiro atoms. The fraction of sp³-hybridized carbons (Fsp3) is 0.535. The molecule has 6 heterocycles. The van der Waals surface area contributed by atoms with Crippen LogP contribution in [0.4, 0.5) is 17.5 Å². The number of fused-ring (bicyclic) bond motifs is 3. The molecule has 2 aliphatic carbocycles. The number of carbonyl (C=O) groups is 3. The number of aryl methyl sites for hydroxylation is 1. The standard InChI is InChI=1S/C43H52N10O7S/c1-48-36-24-29(8-9-34(36)53(42(48)58)35-10-11-37(55)46-39(35)56)50-20-18-49(19-21-50)26-27-4-2-7-32(22-27)61(59,60)51-16-12-28(13-17-51)45-41-44-25-33-38(47-41)52(40(57)43(33)14-15-43)30-5-3-6-31(54)23-30/h2,4,7-9,22,24-25,28,30-31,35,54H,3,5-6,10-21,23,26H2,1H3,(H,44,45,47)(H,46,55,56)/t30?,31-,35?/m1/s1. The first-order valence-corrected chi connectivity index (χ1v) is 23.1. The molecule has 10 rings (SSSR count). The Morgan fingerprint density at radius 2 is 1.70 bits per heavy atom. The minimum absolute atomic E-state index is 0.0285. The molecule has 3 saturated heterocycles. The van der Waals surface area contributed by atoms with E-state index in [0.717, 1.165) is 80.6 Å². The Kier molecular flexibility index (Phi) is 10.0. The zero-order chi connectivity index (χ0) is 42.2. The molecule has 2 aromatic carbocycles. The van der Waals surface area contributed by atoms with Gasteiger partial charge in [0.25, 0.3) is 0 Å². The number of nitrogens with zero attached hydrogens (tertiary/aromatic N) is 8. The fourth-order valence-electron chi connectivity index (χ4n) is 10.3. The summed E-state index contributed by atoms with van der Waals surface area (Å²) < 4.78 is 32.5. The molecular weight excluding hydrogens is 801 g/mol. The SMILES string of the molecule is Cn1c(=O)n(C2CCC(=O)NC2=O)c2ccc(N3CCN(Cc4cccc(S(=O)(=O)N5CCC(Nc6ncc7c(n6)N(C6CCC[C@@H](O)C6)C(=O)C76CC6)CC5)c4)CC3)cc21. The van der Waals surface area contributed by atoms with E-state index in [4.69, 9.17) is 4.98 Å². The zero-order valence-corrected chi connectivity index (χ0v) is 35.1. The number of aromatic nitrogens is 4. The highest BCUT2D eigenvalue weighted by atomic mass is 32.2. The number of hydrogen-bond donors (Lipinski definition) is 3. The first-order valence-electron chi connectivity index (χ1n) is 21.7. The van der Waals surface area contributed by atoms with Gasteiger partial charge in [-0.15, -0.1) is 0 Å². The van der Waals surface area contributed by atoms with Crippen LogP contribution in [0.15, 0.2) is 58.4 Å². The Morgan fingerprint density at radius 3 is 2.44 bits per heavy atom. The van der Waals surface area contributed by atoms with Crippen LogP contribution in [0.5, 0.6) is 0 Å². The highest BCUT2D eigenvalue weighted by Gasteiger charge is 2.61. The predicted octanol–water partition coefficient (Wildman–Crippen LogP) is 2.38. The molecule has 2 unspecified atom stereocenters. The summed E-state index contributed by atoms with van der Waals surface area (Å²) in [7, 11) is -2.03. The molecule has 2 saturated carbocycles. The van der Waals surface area contributed by atoms with Gasteiger partial charge in [0.2, 0.25) is 33.7 Å². The number of hydrogen-bond acceptors (Lipinski definition) is 12. The zero-order valence-electron chi connectivity index (χ0n) is 34.3. The number of aliphatic hydroxyl groups excluding tert-OH is 1. The Balaban J connectivity index is 0.747. The first kappa shape index (κ1) is 39.9. The van der Waals surface area contributed by atoms with Crippen molar-refractivity contribution in [2.24, 2.45) is 7.05 Å². The van der Waals surface area contributed by atoms with Crippen molar-refractivity contribution in [2.75, 3.05) is 54.4 Å². The van der Waals surface area contributed by atoms with Crippen molar-refractivity contribution in [1.29, 1.82) is 0 Å². The highest BCUT2D eigenvalue weighted by Crippen LogP contribution is 2.57. The topological polar surface area (TPSA) is 195 Å². The summed E-state index contributed by atoms with van der Waals surface area (Å²) in [6, 6.07) is 12.2. The van der Waals surface area contributed by atoms with Crippen LogP contribution >= 0.6 is 0 Å². The third kappa shape index (κ3) is 7.10. The van der Waals surface area contributed by atoms with E-state index in [1.165, 1.54) is 4.57 Å². The average Bonchev–Trinajstić information content (AvgIpc) is 3.98. The van der Waals surface area contributed by atoms with Crippen molar-refractivity contribution >= 4 is 56.2 Å². The maximum absolute atomic E-state index is 13.9. The van der Waals surface area contributed by atoms with E-state index >= 15 is 0 Å². The molecule has 6 aliphatic rings. The lowest BCUT2D eigenvalue weighted by molar-refractivity contribution is -0.135. The number of amides is 3. The van der Waals surface area contributed by atoms with Crippen LogP contribution in [0, 0.1) is 0 Å². The quantitative estimate of drug-likeness (QED) is 0.209. The summed E-state index contributed by atoms with van der Waals surface area (Å²) in [4.78, 5) is 67.4. The molecule has 4 aliphatic heterocycles. The van der Waals surface area contributed by atoms with Gasteiger partial charge in [0, 0.05) is 88.8 Å². The normalized spacial score (nSPS) is 25.0. The predicted molar refractivity (Wildman–Crippen MR) is 227 cm³/mol. The third-order valence-electron chi connectivity index (χ3n) is 13.9. The molecule has 3 N–H and O–H groups in total. The van der Waals surface area contributed by atoms with Gasteiger partial charge in [-0.05, 0) is 93.7 Å². The van der Waals surface area contributed by atoms with Crippen LogP contribution in [-0.2, 0) is 43.4 Å². The number of aliphatic hydroxyl groups is 1. The van der Waals surface area contributed by atoms with Gasteiger partial charge in [-0.2, -0.15) is 9.29 Å². The molecule has 2 aromatic heterocycles. The van der Waals surface area contributed by atoms with Gasteiger partial charge < -0.3 is 15.3 Å². The maximum atomic E-state index is 13.9. The number of carbonyl (C=O) groups excluding carboxylic acids is 3. The molecule has 0 radical (unpaired) electrons. The Hall–Kier alpha value is -5.17. The van der Waals surface area contributed by atoms with E-state index in [2.05, 4.69) is 25.4 Å². The summed E-state index contributed by atoms with van der Waals surface area (Å²) in [6.45, 7) is 4.33. The Morgan fingerprint density at radius 1 is 0.918 bits per heavy atom. The van der Waals surface area contributed by atoms with Gasteiger partial charge in [-0.25, -0.2) is 18.2 Å². The molecule has 18 heteroatoms. The molecule has 4 aromatic rings. The maximum Gasteiger partial charge on any atom is 0.329 e. The van der Waals surface area contributed by atoms with Crippen LogP contribution < -0.4 is 26.1 Å². The summed E-state index contributed by atoms with van der Waals surface area (Å²) in [6.07, 6.45) is 7.64. The molecule has 0 bridgehead atoms. The van der Waals surface area contributed by atoms with E-state index in [-0.39, 0.29) is 47.3 Å². The number of piperazine rings is 1. The Labute approximate surface area is 353 Å². The van der Waals surface area contributed by atoms with Gasteiger partial charge in [-0.3, -0.25) is 38.6 Å². The van der Waals surface area contributed by atoms with Gasteiger partial charge >= 0.3 is 5.69 Å². The molecular formula is C43H52N10O7S.